The van der Waals surface area contributed by atoms with Gasteiger partial charge < -0.3 is 14.5 Å². The molecule has 0 saturated heterocycles. The molecule has 0 aliphatic heterocycles. The lowest BCUT2D eigenvalue weighted by Crippen LogP contribution is -2.24. The van der Waals surface area contributed by atoms with Gasteiger partial charge in [0.25, 0.3) is 11.9 Å². The Morgan fingerprint density at radius 2 is 2.12 bits per heavy atom. The molecule has 7 heteroatoms. The van der Waals surface area contributed by atoms with Crippen LogP contribution in [-0.4, -0.2) is 22.2 Å². The largest absolute Gasteiger partial charge is 0.424 e. The fourth-order valence-electron chi connectivity index (χ4n) is 2.10. The molecule has 0 bridgehead atoms. The highest BCUT2D eigenvalue weighted by molar-refractivity contribution is 6.32. The first kappa shape index (κ1) is 16.1. The molecule has 2 heterocycles. The van der Waals surface area contributed by atoms with Crippen LogP contribution in [0.25, 0.3) is 0 Å². The minimum absolute atomic E-state index is 0.191. The van der Waals surface area contributed by atoms with Gasteiger partial charge in [0, 0.05) is 31.5 Å². The first-order chi connectivity index (χ1) is 11.7. The normalized spacial score (nSPS) is 10.5. The smallest absolute Gasteiger partial charge is 0.290 e. The molecule has 0 aliphatic carbocycles. The minimum atomic E-state index is -0.288. The molecule has 2 aromatic heterocycles. The summed E-state index contributed by atoms with van der Waals surface area (Å²) in [7, 11) is 0. The van der Waals surface area contributed by atoms with Crippen molar-refractivity contribution < 1.29 is 13.9 Å². The lowest BCUT2D eigenvalue weighted by Gasteiger charge is -2.04. The number of hydrogen-bond acceptors (Lipinski definition) is 4. The maximum Gasteiger partial charge on any atom is 0.290 e. The van der Waals surface area contributed by atoms with Crippen LogP contribution in [0.1, 0.15) is 17.0 Å². The van der Waals surface area contributed by atoms with E-state index < -0.39 is 0 Å². The number of amides is 1. The molecule has 0 unspecified atom stereocenters. The number of benzene rings is 1. The van der Waals surface area contributed by atoms with Gasteiger partial charge in [-0.1, -0.05) is 23.7 Å². The van der Waals surface area contributed by atoms with Crippen molar-refractivity contribution in [2.24, 2.45) is 0 Å². The Morgan fingerprint density at radius 3 is 2.92 bits per heavy atom. The van der Waals surface area contributed by atoms with Gasteiger partial charge in [-0.15, -0.1) is 0 Å². The number of rotatable bonds is 7. The number of aryl methyl sites for hydroxylation is 1. The molecule has 3 rings (SSSR count). The van der Waals surface area contributed by atoms with Crippen molar-refractivity contribution >= 4 is 17.5 Å². The molecule has 124 valence electrons. The maximum absolute atomic E-state index is 12.0. The number of aromatic nitrogens is 2. The highest BCUT2D eigenvalue weighted by Gasteiger charge is 2.12. The van der Waals surface area contributed by atoms with Gasteiger partial charge in [-0.2, -0.15) is 5.10 Å². The Kier molecular flexibility index (Phi) is 5.18. The highest BCUT2D eigenvalue weighted by Crippen LogP contribution is 2.29. The first-order valence-corrected chi connectivity index (χ1v) is 7.88. The van der Waals surface area contributed by atoms with Crippen molar-refractivity contribution in [2.75, 3.05) is 6.54 Å². The van der Waals surface area contributed by atoms with Crippen LogP contribution in [0.3, 0.4) is 0 Å². The predicted molar refractivity (Wildman–Crippen MR) is 89.4 cm³/mol. The Labute approximate surface area is 144 Å². The van der Waals surface area contributed by atoms with Crippen LogP contribution >= 0.6 is 11.6 Å². The maximum atomic E-state index is 12.0. The topological polar surface area (TPSA) is 69.3 Å². The lowest BCUT2D eigenvalue weighted by atomic mass is 10.3. The summed E-state index contributed by atoms with van der Waals surface area (Å²) in [6, 6.07) is 12.1. The Balaban J connectivity index is 1.49. The van der Waals surface area contributed by atoms with E-state index >= 15 is 0 Å². The van der Waals surface area contributed by atoms with Gasteiger partial charge in [0.2, 0.25) is 0 Å². The summed E-state index contributed by atoms with van der Waals surface area (Å²) >= 11 is 6.02. The van der Waals surface area contributed by atoms with E-state index in [9.17, 15) is 4.79 Å². The van der Waals surface area contributed by atoms with E-state index in [0.29, 0.717) is 17.3 Å². The summed E-state index contributed by atoms with van der Waals surface area (Å²) in [4.78, 5) is 12.0. The summed E-state index contributed by atoms with van der Waals surface area (Å²) in [6.07, 6.45) is 4.38. The van der Waals surface area contributed by atoms with Crippen molar-refractivity contribution in [1.29, 1.82) is 0 Å². The zero-order chi connectivity index (χ0) is 16.8. The first-order valence-electron chi connectivity index (χ1n) is 7.50. The van der Waals surface area contributed by atoms with E-state index in [2.05, 4.69) is 10.4 Å². The zero-order valence-corrected chi connectivity index (χ0v) is 13.6. The number of nitrogens with one attached hydrogen (secondary N) is 1. The Bertz CT molecular complexity index is 799. The van der Waals surface area contributed by atoms with Gasteiger partial charge in [-0.25, -0.2) is 0 Å². The summed E-state index contributed by atoms with van der Waals surface area (Å²) in [6.45, 7) is 1.27. The number of nitrogens with zero attached hydrogens (tertiary/aromatic N) is 2. The predicted octanol–water partition coefficient (Wildman–Crippen LogP) is 3.74. The molecule has 0 spiro atoms. The van der Waals surface area contributed by atoms with E-state index in [4.69, 9.17) is 20.8 Å². The molecule has 1 amide bonds. The lowest BCUT2D eigenvalue weighted by molar-refractivity contribution is 0.0920. The molecule has 0 aliphatic rings. The van der Waals surface area contributed by atoms with Crippen molar-refractivity contribution in [3.05, 3.63) is 65.6 Å². The second-order valence-electron chi connectivity index (χ2n) is 5.03. The van der Waals surface area contributed by atoms with Crippen LogP contribution < -0.4 is 10.1 Å². The molecule has 24 heavy (non-hydrogen) atoms. The van der Waals surface area contributed by atoms with Crippen LogP contribution in [0, 0.1) is 0 Å². The molecule has 3 aromatic rings. The van der Waals surface area contributed by atoms with Gasteiger partial charge in [0.15, 0.2) is 5.76 Å². The minimum Gasteiger partial charge on any atom is -0.424 e. The van der Waals surface area contributed by atoms with Gasteiger partial charge in [-0.3, -0.25) is 9.48 Å². The van der Waals surface area contributed by atoms with Gasteiger partial charge >= 0.3 is 0 Å². The SMILES string of the molecule is O=C(NCCCn1cccn1)c1ccc(Oc2ccccc2Cl)o1. The summed E-state index contributed by atoms with van der Waals surface area (Å²) in [5.74, 6) is 0.588. The van der Waals surface area contributed by atoms with E-state index in [0.717, 1.165) is 13.0 Å². The van der Waals surface area contributed by atoms with E-state index in [1.165, 1.54) is 0 Å². The third-order valence-corrected chi connectivity index (χ3v) is 3.57. The third kappa shape index (κ3) is 4.17. The van der Waals surface area contributed by atoms with E-state index in [-0.39, 0.29) is 17.6 Å². The third-order valence-electron chi connectivity index (χ3n) is 3.26. The molecule has 0 fully saturated rings. The van der Waals surface area contributed by atoms with E-state index in [1.54, 1.807) is 42.6 Å². The number of carbonyl (C=O) groups is 1. The molecular weight excluding hydrogens is 330 g/mol. The summed E-state index contributed by atoms with van der Waals surface area (Å²) < 4.78 is 12.7. The molecule has 6 nitrogen and oxygen atoms in total. The quantitative estimate of drug-likeness (QED) is 0.662. The summed E-state index contributed by atoms with van der Waals surface area (Å²) in [5, 5.41) is 7.36. The fourth-order valence-corrected chi connectivity index (χ4v) is 2.27. The number of furan rings is 1. The van der Waals surface area contributed by atoms with Crippen LogP contribution in [0.5, 0.6) is 11.7 Å². The fraction of sp³-hybridized carbons (Fsp3) is 0.176. The van der Waals surface area contributed by atoms with Gasteiger partial charge in [-0.05, 0) is 30.7 Å². The van der Waals surface area contributed by atoms with Gasteiger partial charge in [0.1, 0.15) is 5.75 Å². The van der Waals surface area contributed by atoms with E-state index in [1.807, 2.05) is 16.9 Å². The monoisotopic (exact) mass is 345 g/mol. The van der Waals surface area contributed by atoms with Crippen LogP contribution in [0.15, 0.2) is 59.3 Å². The number of hydrogen-bond donors (Lipinski definition) is 1. The average Bonchev–Trinajstić information content (AvgIpc) is 3.25. The Hall–Kier alpha value is -2.73. The Morgan fingerprint density at radius 1 is 1.25 bits per heavy atom. The number of halogens is 1. The summed E-state index contributed by atoms with van der Waals surface area (Å²) in [5.41, 5.74) is 0. The number of carbonyl (C=O) groups excluding carboxylic acids is 1. The molecule has 0 saturated carbocycles. The second kappa shape index (κ2) is 7.70. The van der Waals surface area contributed by atoms with Gasteiger partial charge in [0.05, 0.1) is 5.02 Å². The molecule has 1 aromatic carbocycles. The van der Waals surface area contributed by atoms with Crippen LogP contribution in [0.4, 0.5) is 0 Å². The number of para-hydroxylation sites is 1. The highest BCUT2D eigenvalue weighted by atomic mass is 35.5. The molecule has 0 radical (unpaired) electrons. The standard InChI is InChI=1S/C17H16ClN3O3/c18-13-5-1-2-6-14(13)23-16-8-7-15(24-16)17(22)19-9-3-11-21-12-4-10-20-21/h1-2,4-8,10,12H,3,9,11H2,(H,19,22). The van der Waals surface area contributed by atoms with Crippen LogP contribution in [0.2, 0.25) is 5.02 Å². The molecule has 0 atom stereocenters. The number of ether oxygens (including phenoxy) is 1. The second-order valence-corrected chi connectivity index (χ2v) is 5.44. The molecular formula is C17H16ClN3O3. The van der Waals surface area contributed by atoms with Crippen molar-refractivity contribution in [3.63, 3.8) is 0 Å². The van der Waals surface area contributed by atoms with Crippen LogP contribution in [-0.2, 0) is 6.54 Å². The van der Waals surface area contributed by atoms with Crippen molar-refractivity contribution in [3.8, 4) is 11.7 Å². The molecule has 1 N–H and O–H groups in total. The average molecular weight is 346 g/mol. The van der Waals surface area contributed by atoms with Crippen molar-refractivity contribution in [1.82, 2.24) is 15.1 Å². The van der Waals surface area contributed by atoms with Crippen molar-refractivity contribution in [2.45, 2.75) is 13.0 Å². The zero-order valence-electron chi connectivity index (χ0n) is 12.8.